The second kappa shape index (κ2) is 6.20. The Morgan fingerprint density at radius 2 is 1.80 bits per heavy atom. The molecule has 3 aromatic rings. The minimum atomic E-state index is -1.10. The van der Waals surface area contributed by atoms with Crippen molar-refractivity contribution in [1.29, 1.82) is 0 Å². The second-order valence-corrected chi connectivity index (χ2v) is 5.73. The number of aromatic carboxylic acids is 1. The lowest BCUT2D eigenvalue weighted by Crippen LogP contribution is -2.09. The molecule has 0 fully saturated rings. The van der Waals surface area contributed by atoms with Gasteiger partial charge in [-0.2, -0.15) is 5.10 Å². The van der Waals surface area contributed by atoms with Crippen molar-refractivity contribution in [1.82, 2.24) is 9.78 Å². The number of carbonyl (C=O) groups is 1. The Kier molecular flexibility index (Phi) is 4.06. The summed E-state index contributed by atoms with van der Waals surface area (Å²) in [6.07, 6.45) is 0. The quantitative estimate of drug-likeness (QED) is 0.577. The van der Waals surface area contributed by atoms with Crippen LogP contribution in [0.1, 0.15) is 21.6 Å². The van der Waals surface area contributed by atoms with E-state index in [9.17, 15) is 20.0 Å². The average Bonchev–Trinajstić information content (AvgIpc) is 3.00. The smallest absolute Gasteiger partial charge is 0.354 e. The number of rotatable bonds is 4. The largest absolute Gasteiger partial charge is 0.477 e. The summed E-state index contributed by atoms with van der Waals surface area (Å²) >= 11 is 0. The van der Waals surface area contributed by atoms with Crippen LogP contribution in [0.25, 0.3) is 16.9 Å². The number of nitro groups is 1. The van der Waals surface area contributed by atoms with Gasteiger partial charge in [0.05, 0.1) is 16.3 Å². The van der Waals surface area contributed by atoms with Gasteiger partial charge in [-0.05, 0) is 43.7 Å². The van der Waals surface area contributed by atoms with Gasteiger partial charge in [0.15, 0.2) is 5.69 Å². The first-order valence-electron chi connectivity index (χ1n) is 7.52. The summed E-state index contributed by atoms with van der Waals surface area (Å²) in [6.45, 7) is 3.85. The molecule has 25 heavy (non-hydrogen) atoms. The van der Waals surface area contributed by atoms with Gasteiger partial charge in [-0.15, -0.1) is 0 Å². The molecular formula is C18H15N3O4. The lowest BCUT2D eigenvalue weighted by molar-refractivity contribution is -0.384. The molecule has 1 N–H and O–H groups in total. The highest BCUT2D eigenvalue weighted by molar-refractivity contribution is 5.88. The van der Waals surface area contributed by atoms with E-state index in [4.69, 9.17) is 0 Å². The SMILES string of the molecule is Cc1ccc(-n2nc(-c3ccc([N+](=O)[O-])cc3)cc2C(=O)O)c(C)c1. The summed E-state index contributed by atoms with van der Waals surface area (Å²) in [6, 6.07) is 13.0. The highest BCUT2D eigenvalue weighted by Crippen LogP contribution is 2.25. The molecule has 0 amide bonds. The third-order valence-electron chi connectivity index (χ3n) is 3.88. The predicted molar refractivity (Wildman–Crippen MR) is 92.1 cm³/mol. The number of carboxylic acid groups (broad SMARTS) is 1. The van der Waals surface area contributed by atoms with Crippen molar-refractivity contribution in [2.75, 3.05) is 0 Å². The maximum absolute atomic E-state index is 11.6. The first kappa shape index (κ1) is 16.4. The molecular weight excluding hydrogens is 322 g/mol. The monoisotopic (exact) mass is 337 g/mol. The zero-order valence-corrected chi connectivity index (χ0v) is 13.6. The minimum Gasteiger partial charge on any atom is -0.477 e. The number of non-ortho nitro benzene ring substituents is 1. The van der Waals surface area contributed by atoms with Crippen LogP contribution in [-0.4, -0.2) is 25.8 Å². The van der Waals surface area contributed by atoms with Gasteiger partial charge < -0.3 is 5.11 Å². The molecule has 3 rings (SSSR count). The number of aromatic nitrogens is 2. The first-order valence-corrected chi connectivity index (χ1v) is 7.52. The third kappa shape index (κ3) is 3.12. The normalized spacial score (nSPS) is 10.6. The standard InChI is InChI=1S/C18H15N3O4/c1-11-3-8-16(12(2)9-11)20-17(18(22)23)10-15(19-20)13-4-6-14(7-5-13)21(24)25/h3-10H,1-2H3,(H,22,23). The van der Waals surface area contributed by atoms with Crippen LogP contribution in [0, 0.1) is 24.0 Å². The van der Waals surface area contributed by atoms with Crippen LogP contribution in [0.15, 0.2) is 48.5 Å². The Hall–Kier alpha value is -3.48. The van der Waals surface area contributed by atoms with Gasteiger partial charge in [0.2, 0.25) is 0 Å². The molecule has 2 aromatic carbocycles. The number of nitrogens with zero attached hydrogens (tertiary/aromatic N) is 3. The van der Waals surface area contributed by atoms with E-state index in [0.717, 1.165) is 11.1 Å². The van der Waals surface area contributed by atoms with Crippen molar-refractivity contribution in [2.24, 2.45) is 0 Å². The van der Waals surface area contributed by atoms with Crippen molar-refractivity contribution in [3.8, 4) is 16.9 Å². The van der Waals surface area contributed by atoms with Crippen LogP contribution in [0.5, 0.6) is 0 Å². The Labute approximate surface area is 143 Å². The fourth-order valence-electron chi connectivity index (χ4n) is 2.66. The van der Waals surface area contributed by atoms with Gasteiger partial charge in [0, 0.05) is 17.7 Å². The van der Waals surface area contributed by atoms with E-state index < -0.39 is 10.9 Å². The lowest BCUT2D eigenvalue weighted by Gasteiger charge is -2.08. The Bertz CT molecular complexity index is 974. The van der Waals surface area contributed by atoms with Crippen LogP contribution in [0.4, 0.5) is 5.69 Å². The highest BCUT2D eigenvalue weighted by Gasteiger charge is 2.18. The van der Waals surface area contributed by atoms with Gasteiger partial charge in [0.1, 0.15) is 0 Å². The van der Waals surface area contributed by atoms with Crippen molar-refractivity contribution in [3.05, 3.63) is 75.5 Å². The molecule has 126 valence electrons. The molecule has 0 unspecified atom stereocenters. The summed E-state index contributed by atoms with van der Waals surface area (Å²) in [5.74, 6) is -1.10. The van der Waals surface area contributed by atoms with E-state index in [1.807, 2.05) is 32.0 Å². The Morgan fingerprint density at radius 1 is 1.12 bits per heavy atom. The average molecular weight is 337 g/mol. The summed E-state index contributed by atoms with van der Waals surface area (Å²) in [7, 11) is 0. The number of benzene rings is 2. The molecule has 0 aliphatic rings. The number of hydrogen-bond donors (Lipinski definition) is 1. The van der Waals surface area contributed by atoms with Gasteiger partial charge in [0.25, 0.3) is 5.69 Å². The Balaban J connectivity index is 2.11. The molecule has 0 saturated heterocycles. The van der Waals surface area contributed by atoms with Gasteiger partial charge >= 0.3 is 5.97 Å². The van der Waals surface area contributed by atoms with Gasteiger partial charge in [-0.3, -0.25) is 10.1 Å². The third-order valence-corrected chi connectivity index (χ3v) is 3.88. The number of aryl methyl sites for hydroxylation is 2. The maximum Gasteiger partial charge on any atom is 0.354 e. The molecule has 7 nitrogen and oxygen atoms in total. The highest BCUT2D eigenvalue weighted by atomic mass is 16.6. The lowest BCUT2D eigenvalue weighted by atomic mass is 10.1. The predicted octanol–water partition coefficient (Wildman–Crippen LogP) is 3.76. The van der Waals surface area contributed by atoms with Crippen molar-refractivity contribution in [3.63, 3.8) is 0 Å². The molecule has 0 bridgehead atoms. The van der Waals surface area contributed by atoms with E-state index >= 15 is 0 Å². The van der Waals surface area contributed by atoms with E-state index in [1.165, 1.54) is 22.9 Å². The van der Waals surface area contributed by atoms with Crippen molar-refractivity contribution in [2.45, 2.75) is 13.8 Å². The fourth-order valence-corrected chi connectivity index (χ4v) is 2.66. The number of nitro benzene ring substituents is 1. The molecule has 1 aromatic heterocycles. The van der Waals surface area contributed by atoms with Gasteiger partial charge in [-0.25, -0.2) is 9.48 Å². The van der Waals surface area contributed by atoms with Crippen LogP contribution in [0.2, 0.25) is 0 Å². The van der Waals surface area contributed by atoms with Crippen LogP contribution >= 0.6 is 0 Å². The van der Waals surface area contributed by atoms with E-state index in [-0.39, 0.29) is 11.4 Å². The van der Waals surface area contributed by atoms with Gasteiger partial charge in [-0.1, -0.05) is 17.7 Å². The van der Waals surface area contributed by atoms with Crippen molar-refractivity contribution < 1.29 is 14.8 Å². The number of hydrogen-bond acceptors (Lipinski definition) is 4. The zero-order chi connectivity index (χ0) is 18.1. The zero-order valence-electron chi connectivity index (χ0n) is 13.6. The molecule has 0 atom stereocenters. The van der Waals surface area contributed by atoms with Crippen molar-refractivity contribution >= 4 is 11.7 Å². The van der Waals surface area contributed by atoms with E-state index in [2.05, 4.69) is 5.10 Å². The maximum atomic E-state index is 11.6. The molecule has 0 aliphatic heterocycles. The molecule has 7 heteroatoms. The van der Waals surface area contributed by atoms with E-state index in [1.54, 1.807) is 12.1 Å². The molecule has 0 spiro atoms. The fraction of sp³-hybridized carbons (Fsp3) is 0.111. The van der Waals surface area contributed by atoms with Crippen LogP contribution < -0.4 is 0 Å². The van der Waals surface area contributed by atoms with Crippen LogP contribution in [-0.2, 0) is 0 Å². The summed E-state index contributed by atoms with van der Waals surface area (Å²) < 4.78 is 1.38. The summed E-state index contributed by atoms with van der Waals surface area (Å²) in [5, 5.41) is 24.7. The minimum absolute atomic E-state index is 0.0281. The first-order chi connectivity index (χ1) is 11.9. The summed E-state index contributed by atoms with van der Waals surface area (Å²) in [5.41, 5.74) is 3.69. The van der Waals surface area contributed by atoms with E-state index in [0.29, 0.717) is 16.9 Å². The summed E-state index contributed by atoms with van der Waals surface area (Å²) in [4.78, 5) is 21.9. The number of carboxylic acids is 1. The second-order valence-electron chi connectivity index (χ2n) is 5.73. The van der Waals surface area contributed by atoms with Crippen LogP contribution in [0.3, 0.4) is 0 Å². The molecule has 1 heterocycles. The molecule has 0 radical (unpaired) electrons. The Morgan fingerprint density at radius 3 is 2.36 bits per heavy atom. The molecule has 0 aliphatic carbocycles. The topological polar surface area (TPSA) is 98.3 Å². The molecule has 0 saturated carbocycles.